The van der Waals surface area contributed by atoms with Crippen molar-refractivity contribution >= 4 is 34.1 Å². The predicted molar refractivity (Wildman–Crippen MR) is 107 cm³/mol. The lowest BCUT2D eigenvalue weighted by atomic mass is 9.99. The third-order valence-corrected chi connectivity index (χ3v) is 4.92. The van der Waals surface area contributed by atoms with E-state index in [4.69, 9.17) is 33.7 Å². The van der Waals surface area contributed by atoms with Gasteiger partial charge >= 0.3 is 0 Å². The van der Waals surface area contributed by atoms with Crippen LogP contribution in [0.4, 0.5) is 0 Å². The van der Waals surface area contributed by atoms with Crippen molar-refractivity contribution in [1.82, 2.24) is 4.98 Å². The minimum Gasteiger partial charge on any atom is -0.493 e. The van der Waals surface area contributed by atoms with Crippen LogP contribution in [0.2, 0.25) is 10.0 Å². The fraction of sp³-hybridized carbons (Fsp3) is 0.300. The number of aromatic nitrogens is 1. The van der Waals surface area contributed by atoms with Gasteiger partial charge in [-0.3, -0.25) is 0 Å². The highest BCUT2D eigenvalue weighted by Crippen LogP contribution is 2.41. The van der Waals surface area contributed by atoms with E-state index in [0.29, 0.717) is 23.2 Å². The van der Waals surface area contributed by atoms with Gasteiger partial charge in [0.25, 0.3) is 0 Å². The van der Waals surface area contributed by atoms with Crippen molar-refractivity contribution in [2.45, 2.75) is 26.2 Å². The molecule has 0 saturated carbocycles. The van der Waals surface area contributed by atoms with Crippen molar-refractivity contribution in [2.75, 3.05) is 13.2 Å². The molecule has 132 valence electrons. The quantitative estimate of drug-likeness (QED) is 0.510. The summed E-state index contributed by atoms with van der Waals surface area (Å²) < 4.78 is 5.82. The van der Waals surface area contributed by atoms with Crippen molar-refractivity contribution < 1.29 is 4.74 Å². The number of aromatic amines is 1. The Kier molecular flexibility index (Phi) is 5.89. The molecule has 3 nitrogen and oxygen atoms in total. The SMILES string of the molecule is CCOc1ccccc1-c1[nH]c2c(Cl)ccc(Cl)c2c1CCCCN. The Bertz CT molecular complexity index is 874. The molecule has 0 aliphatic rings. The first-order valence-electron chi connectivity index (χ1n) is 8.58. The number of benzene rings is 2. The number of halogens is 2. The van der Waals surface area contributed by atoms with Crippen LogP contribution >= 0.6 is 23.2 Å². The average molecular weight is 377 g/mol. The molecular weight excluding hydrogens is 355 g/mol. The highest BCUT2D eigenvalue weighted by molar-refractivity contribution is 6.40. The zero-order valence-corrected chi connectivity index (χ0v) is 15.8. The molecule has 0 radical (unpaired) electrons. The summed E-state index contributed by atoms with van der Waals surface area (Å²) in [5, 5.41) is 2.37. The average Bonchev–Trinajstić information content (AvgIpc) is 3.00. The predicted octanol–water partition coefficient (Wildman–Crippen LogP) is 5.82. The molecule has 0 saturated heterocycles. The number of hydrogen-bond acceptors (Lipinski definition) is 2. The van der Waals surface area contributed by atoms with Crippen molar-refractivity contribution in [1.29, 1.82) is 0 Å². The standard InChI is InChI=1S/C20H22Cl2N2O/c1-2-25-17-9-4-3-7-13(17)19-14(8-5-6-12-23)18-15(21)10-11-16(22)20(18)24-19/h3-4,7,9-11,24H,2,5-6,8,12,23H2,1H3. The number of nitrogens with one attached hydrogen (secondary N) is 1. The summed E-state index contributed by atoms with van der Waals surface area (Å²) >= 11 is 12.9. The van der Waals surface area contributed by atoms with Gasteiger partial charge in [-0.15, -0.1) is 0 Å². The molecule has 0 unspecified atom stereocenters. The summed E-state index contributed by atoms with van der Waals surface area (Å²) in [5.41, 5.74) is 9.76. The van der Waals surface area contributed by atoms with Gasteiger partial charge in [-0.25, -0.2) is 0 Å². The fourth-order valence-electron chi connectivity index (χ4n) is 3.18. The highest BCUT2D eigenvalue weighted by atomic mass is 35.5. The Hall–Kier alpha value is -1.68. The summed E-state index contributed by atoms with van der Waals surface area (Å²) in [6.07, 6.45) is 2.85. The number of rotatable bonds is 7. The first kappa shape index (κ1) is 18.1. The third kappa shape index (κ3) is 3.64. The molecule has 0 atom stereocenters. The van der Waals surface area contributed by atoms with Gasteiger partial charge in [0.15, 0.2) is 0 Å². The van der Waals surface area contributed by atoms with Crippen LogP contribution in [0.3, 0.4) is 0 Å². The minimum absolute atomic E-state index is 0.612. The Labute approximate surface area is 158 Å². The Morgan fingerprint density at radius 2 is 1.80 bits per heavy atom. The van der Waals surface area contributed by atoms with Gasteiger partial charge in [0.05, 0.1) is 27.9 Å². The Balaban J connectivity index is 2.22. The monoisotopic (exact) mass is 376 g/mol. The molecule has 5 heteroatoms. The molecule has 0 fully saturated rings. The molecular formula is C20H22Cl2N2O. The summed E-state index contributed by atoms with van der Waals surface area (Å²) in [5.74, 6) is 0.851. The molecule has 2 aromatic carbocycles. The second kappa shape index (κ2) is 8.13. The first-order chi connectivity index (χ1) is 12.2. The molecule has 3 rings (SSSR count). The summed E-state index contributed by atoms with van der Waals surface area (Å²) in [4.78, 5) is 3.49. The zero-order chi connectivity index (χ0) is 17.8. The van der Waals surface area contributed by atoms with Crippen molar-refractivity contribution in [3.8, 4) is 17.0 Å². The van der Waals surface area contributed by atoms with Crippen LogP contribution in [0.1, 0.15) is 25.3 Å². The second-order valence-corrected chi connectivity index (χ2v) is 6.75. The van der Waals surface area contributed by atoms with E-state index in [2.05, 4.69) is 11.1 Å². The molecule has 0 aliphatic heterocycles. The number of nitrogens with two attached hydrogens (primary N) is 1. The van der Waals surface area contributed by atoms with Gasteiger partial charge in [0.2, 0.25) is 0 Å². The molecule has 0 bridgehead atoms. The van der Waals surface area contributed by atoms with E-state index in [1.165, 1.54) is 5.56 Å². The molecule has 3 aromatic rings. The number of aryl methyl sites for hydroxylation is 1. The van der Waals surface area contributed by atoms with Gasteiger partial charge in [-0.05, 0) is 62.6 Å². The number of fused-ring (bicyclic) bond motifs is 1. The Morgan fingerprint density at radius 3 is 2.56 bits per heavy atom. The lowest BCUT2D eigenvalue weighted by Gasteiger charge is -2.11. The zero-order valence-electron chi connectivity index (χ0n) is 14.2. The lowest BCUT2D eigenvalue weighted by molar-refractivity contribution is 0.341. The topological polar surface area (TPSA) is 51.0 Å². The van der Waals surface area contributed by atoms with E-state index in [-0.39, 0.29) is 0 Å². The third-order valence-electron chi connectivity index (χ3n) is 4.29. The van der Waals surface area contributed by atoms with Gasteiger partial charge in [0.1, 0.15) is 5.75 Å². The van der Waals surface area contributed by atoms with E-state index in [1.54, 1.807) is 0 Å². The van der Waals surface area contributed by atoms with Crippen LogP contribution in [-0.2, 0) is 6.42 Å². The Morgan fingerprint density at radius 1 is 1.04 bits per heavy atom. The summed E-state index contributed by atoms with van der Waals surface area (Å²) in [7, 11) is 0. The van der Waals surface area contributed by atoms with Crippen molar-refractivity contribution in [3.63, 3.8) is 0 Å². The van der Waals surface area contributed by atoms with E-state index in [9.17, 15) is 0 Å². The van der Waals surface area contributed by atoms with Gasteiger partial charge in [-0.2, -0.15) is 0 Å². The largest absolute Gasteiger partial charge is 0.493 e. The van der Waals surface area contributed by atoms with Crippen LogP contribution in [-0.4, -0.2) is 18.1 Å². The second-order valence-electron chi connectivity index (χ2n) is 5.93. The minimum atomic E-state index is 0.612. The highest BCUT2D eigenvalue weighted by Gasteiger charge is 2.19. The van der Waals surface area contributed by atoms with Crippen LogP contribution < -0.4 is 10.5 Å². The van der Waals surface area contributed by atoms with Crippen LogP contribution in [0, 0.1) is 0 Å². The van der Waals surface area contributed by atoms with Crippen molar-refractivity contribution in [2.24, 2.45) is 5.73 Å². The van der Waals surface area contributed by atoms with Gasteiger partial charge in [-0.1, -0.05) is 35.3 Å². The van der Waals surface area contributed by atoms with Crippen LogP contribution in [0.25, 0.3) is 22.2 Å². The molecule has 0 amide bonds. The number of unbranched alkanes of at least 4 members (excludes halogenated alkanes) is 1. The van der Waals surface area contributed by atoms with Crippen LogP contribution in [0.5, 0.6) is 5.75 Å². The number of hydrogen-bond donors (Lipinski definition) is 2. The maximum absolute atomic E-state index is 6.51. The number of H-pyrrole nitrogens is 1. The fourth-order valence-corrected chi connectivity index (χ4v) is 3.65. The van der Waals surface area contributed by atoms with Gasteiger partial charge in [0, 0.05) is 10.9 Å². The summed E-state index contributed by atoms with van der Waals surface area (Å²) in [6.45, 7) is 3.28. The van der Waals surface area contributed by atoms with E-state index < -0.39 is 0 Å². The first-order valence-corrected chi connectivity index (χ1v) is 9.33. The normalized spacial score (nSPS) is 11.2. The molecule has 1 heterocycles. The van der Waals surface area contributed by atoms with E-state index in [0.717, 1.165) is 47.2 Å². The van der Waals surface area contributed by atoms with Crippen molar-refractivity contribution in [3.05, 3.63) is 52.0 Å². The molecule has 0 aliphatic carbocycles. The molecule has 25 heavy (non-hydrogen) atoms. The van der Waals surface area contributed by atoms with E-state index in [1.807, 2.05) is 37.3 Å². The van der Waals surface area contributed by atoms with Crippen LogP contribution in [0.15, 0.2) is 36.4 Å². The number of ether oxygens (including phenoxy) is 1. The molecule has 0 spiro atoms. The maximum atomic E-state index is 6.51. The molecule has 1 aromatic heterocycles. The smallest absolute Gasteiger partial charge is 0.128 e. The van der Waals surface area contributed by atoms with Gasteiger partial charge < -0.3 is 15.5 Å². The molecule has 3 N–H and O–H groups in total. The number of para-hydroxylation sites is 1. The lowest BCUT2D eigenvalue weighted by Crippen LogP contribution is -2.00. The summed E-state index contributed by atoms with van der Waals surface area (Å²) in [6, 6.07) is 11.7. The van der Waals surface area contributed by atoms with E-state index >= 15 is 0 Å². The maximum Gasteiger partial charge on any atom is 0.128 e.